The second-order valence-corrected chi connectivity index (χ2v) is 12.8. The van der Waals surface area contributed by atoms with Crippen molar-refractivity contribution >= 4 is 43.5 Å². The Bertz CT molecular complexity index is 2860. The highest BCUT2D eigenvalue weighted by Crippen LogP contribution is 2.42. The van der Waals surface area contributed by atoms with Crippen LogP contribution in [0, 0.1) is 0 Å². The molecule has 0 aliphatic heterocycles. The summed E-state index contributed by atoms with van der Waals surface area (Å²) in [7, 11) is 0. The van der Waals surface area contributed by atoms with Gasteiger partial charge >= 0.3 is 0 Å². The summed E-state index contributed by atoms with van der Waals surface area (Å²) in [5, 5.41) is 6.59. The van der Waals surface area contributed by atoms with E-state index in [4.69, 9.17) is 19.4 Å². The molecule has 2 aromatic heterocycles. The third kappa shape index (κ3) is 5.13. The molecule has 10 aromatic rings. The lowest BCUT2D eigenvalue weighted by molar-refractivity contribution is 0.673. The van der Waals surface area contributed by atoms with Gasteiger partial charge in [-0.05, 0) is 68.7 Å². The maximum atomic E-state index is 6.81. The van der Waals surface area contributed by atoms with Gasteiger partial charge in [0.15, 0.2) is 17.5 Å². The largest absolute Gasteiger partial charge is 0.455 e. The minimum atomic E-state index is 0.605. The Morgan fingerprint density at radius 1 is 0.333 bits per heavy atom. The van der Waals surface area contributed by atoms with Crippen LogP contribution >= 0.6 is 0 Å². The van der Waals surface area contributed by atoms with Gasteiger partial charge in [-0.15, -0.1) is 0 Å². The highest BCUT2D eigenvalue weighted by molar-refractivity contribution is 6.21. The van der Waals surface area contributed by atoms with Crippen LogP contribution in [-0.4, -0.2) is 15.0 Å². The summed E-state index contributed by atoms with van der Waals surface area (Å²) in [6.45, 7) is 0. The Morgan fingerprint density at radius 3 is 1.61 bits per heavy atom. The Morgan fingerprint density at radius 2 is 0.882 bits per heavy atom. The lowest BCUT2D eigenvalue weighted by Gasteiger charge is -2.10. The normalized spacial score (nSPS) is 11.5. The summed E-state index contributed by atoms with van der Waals surface area (Å²) in [5.74, 6) is 1.86. The first-order chi connectivity index (χ1) is 25.2. The fourth-order valence-corrected chi connectivity index (χ4v) is 7.14. The molecular formula is C47H29N3O. The molecule has 0 aliphatic rings. The Kier molecular flexibility index (Phi) is 6.78. The molecule has 8 aromatic carbocycles. The van der Waals surface area contributed by atoms with E-state index in [1.807, 2.05) is 60.7 Å². The molecule has 0 radical (unpaired) electrons. The highest BCUT2D eigenvalue weighted by atomic mass is 16.3. The van der Waals surface area contributed by atoms with Gasteiger partial charge in [0.05, 0.1) is 0 Å². The van der Waals surface area contributed by atoms with Crippen molar-refractivity contribution in [1.82, 2.24) is 15.0 Å². The number of nitrogens with zero attached hydrogens (tertiary/aromatic N) is 3. The van der Waals surface area contributed by atoms with Gasteiger partial charge in [-0.2, -0.15) is 0 Å². The number of fused-ring (bicyclic) bond motifs is 6. The SMILES string of the molecule is c1ccc(-c2nc(-c3ccccc3)nc(-c3cc4ccccc4c4oc5cc(-c6cccc(-c7ccc8ccccc8c7)c6)ccc5c34)n2)cc1. The number of rotatable bonds is 5. The highest BCUT2D eigenvalue weighted by Gasteiger charge is 2.20. The third-order valence-corrected chi connectivity index (χ3v) is 9.68. The standard InChI is InChI=1S/C47H29N3O/c1-3-13-31(14-4-1)45-48-46(32-15-5-2-6-16-32)50-47(49-45)41-28-38-18-9-10-21-39(38)44-43(41)40-25-24-37(29-42(40)51-44)35-20-11-19-34(27-35)36-23-22-30-12-7-8-17-33(30)26-36/h1-29H. The fraction of sp³-hybridized carbons (Fsp3) is 0. The van der Waals surface area contributed by atoms with E-state index < -0.39 is 0 Å². The minimum absolute atomic E-state index is 0.605. The minimum Gasteiger partial charge on any atom is -0.455 e. The van der Waals surface area contributed by atoms with E-state index in [1.165, 1.54) is 21.9 Å². The van der Waals surface area contributed by atoms with Crippen molar-refractivity contribution in [2.45, 2.75) is 0 Å². The Labute approximate surface area is 294 Å². The molecule has 0 unspecified atom stereocenters. The lowest BCUT2D eigenvalue weighted by atomic mass is 9.96. The van der Waals surface area contributed by atoms with Crippen molar-refractivity contribution in [1.29, 1.82) is 0 Å². The first-order valence-electron chi connectivity index (χ1n) is 17.1. The topological polar surface area (TPSA) is 51.8 Å². The van der Waals surface area contributed by atoms with Crippen molar-refractivity contribution in [2.75, 3.05) is 0 Å². The summed E-state index contributed by atoms with van der Waals surface area (Å²) < 4.78 is 6.81. The number of hydrogen-bond donors (Lipinski definition) is 0. The number of aromatic nitrogens is 3. The number of hydrogen-bond acceptors (Lipinski definition) is 4. The molecule has 0 saturated heterocycles. The van der Waals surface area contributed by atoms with Crippen LogP contribution in [-0.2, 0) is 0 Å². The molecule has 0 atom stereocenters. The third-order valence-electron chi connectivity index (χ3n) is 9.68. The molecule has 238 valence electrons. The smallest absolute Gasteiger partial charge is 0.164 e. The van der Waals surface area contributed by atoms with Crippen LogP contribution in [0.5, 0.6) is 0 Å². The maximum absolute atomic E-state index is 6.81. The molecule has 51 heavy (non-hydrogen) atoms. The Hall–Kier alpha value is -6.91. The average molecular weight is 652 g/mol. The van der Waals surface area contributed by atoms with E-state index in [-0.39, 0.29) is 0 Å². The molecule has 0 fully saturated rings. The molecule has 0 aliphatic carbocycles. The van der Waals surface area contributed by atoms with Crippen molar-refractivity contribution in [3.8, 4) is 56.4 Å². The van der Waals surface area contributed by atoms with Gasteiger partial charge < -0.3 is 4.42 Å². The fourth-order valence-electron chi connectivity index (χ4n) is 7.14. The van der Waals surface area contributed by atoms with Gasteiger partial charge in [-0.1, -0.05) is 146 Å². The molecule has 0 spiro atoms. The molecule has 0 saturated carbocycles. The van der Waals surface area contributed by atoms with E-state index >= 15 is 0 Å². The number of furan rings is 1. The van der Waals surface area contributed by atoms with Crippen LogP contribution in [0.1, 0.15) is 0 Å². The van der Waals surface area contributed by atoms with Gasteiger partial charge in [0.1, 0.15) is 11.2 Å². The molecule has 4 nitrogen and oxygen atoms in total. The van der Waals surface area contributed by atoms with Crippen LogP contribution in [0.3, 0.4) is 0 Å². The summed E-state index contributed by atoms with van der Waals surface area (Å²) in [6, 6.07) is 61.1. The lowest BCUT2D eigenvalue weighted by Crippen LogP contribution is -2.00. The van der Waals surface area contributed by atoms with Crippen molar-refractivity contribution in [2.24, 2.45) is 0 Å². The quantitative estimate of drug-likeness (QED) is 0.186. The van der Waals surface area contributed by atoms with Crippen molar-refractivity contribution in [3.63, 3.8) is 0 Å². The van der Waals surface area contributed by atoms with Crippen LogP contribution in [0.4, 0.5) is 0 Å². The van der Waals surface area contributed by atoms with Crippen molar-refractivity contribution < 1.29 is 4.42 Å². The van der Waals surface area contributed by atoms with Gasteiger partial charge in [0.25, 0.3) is 0 Å². The summed E-state index contributed by atoms with van der Waals surface area (Å²) in [4.78, 5) is 15.1. The zero-order chi connectivity index (χ0) is 33.7. The van der Waals surface area contributed by atoms with E-state index in [0.29, 0.717) is 17.5 Å². The van der Waals surface area contributed by atoms with Gasteiger partial charge in [-0.25, -0.2) is 15.0 Å². The molecular weight excluding hydrogens is 623 g/mol. The molecule has 0 bridgehead atoms. The molecule has 0 N–H and O–H groups in total. The van der Waals surface area contributed by atoms with Crippen LogP contribution in [0.2, 0.25) is 0 Å². The maximum Gasteiger partial charge on any atom is 0.164 e. The molecule has 2 heterocycles. The summed E-state index contributed by atoms with van der Waals surface area (Å²) >= 11 is 0. The summed E-state index contributed by atoms with van der Waals surface area (Å²) in [5.41, 5.74) is 9.00. The average Bonchev–Trinajstić information content (AvgIpc) is 3.60. The zero-order valence-corrected chi connectivity index (χ0v) is 27.5. The first kappa shape index (κ1) is 29.0. The second kappa shape index (κ2) is 11.9. The van der Waals surface area contributed by atoms with Crippen LogP contribution in [0.25, 0.3) is 99.9 Å². The number of benzene rings is 8. The Balaban J connectivity index is 1.16. The van der Waals surface area contributed by atoms with E-state index in [0.717, 1.165) is 60.5 Å². The predicted molar refractivity (Wildman–Crippen MR) is 209 cm³/mol. The monoisotopic (exact) mass is 651 g/mol. The second-order valence-electron chi connectivity index (χ2n) is 12.8. The predicted octanol–water partition coefficient (Wildman–Crippen LogP) is 12.4. The van der Waals surface area contributed by atoms with E-state index in [2.05, 4.69) is 115 Å². The molecule has 10 rings (SSSR count). The van der Waals surface area contributed by atoms with Crippen molar-refractivity contribution in [3.05, 3.63) is 176 Å². The molecule has 4 heteroatoms. The van der Waals surface area contributed by atoms with Gasteiger partial charge in [-0.3, -0.25) is 0 Å². The van der Waals surface area contributed by atoms with Gasteiger partial charge in [0, 0.05) is 32.8 Å². The van der Waals surface area contributed by atoms with Gasteiger partial charge in [0.2, 0.25) is 0 Å². The summed E-state index contributed by atoms with van der Waals surface area (Å²) in [6.07, 6.45) is 0. The zero-order valence-electron chi connectivity index (χ0n) is 27.5. The van der Waals surface area contributed by atoms with E-state index in [9.17, 15) is 0 Å². The van der Waals surface area contributed by atoms with E-state index in [1.54, 1.807) is 0 Å². The van der Waals surface area contributed by atoms with Crippen LogP contribution < -0.4 is 0 Å². The first-order valence-corrected chi connectivity index (χ1v) is 17.1. The molecule has 0 amide bonds. The van der Waals surface area contributed by atoms with Crippen LogP contribution in [0.15, 0.2) is 180 Å².